The van der Waals surface area contributed by atoms with E-state index in [-0.39, 0.29) is 17.9 Å². The number of halogens is 2. The first-order valence-corrected chi connectivity index (χ1v) is 9.11. The summed E-state index contributed by atoms with van der Waals surface area (Å²) in [5, 5.41) is 4.42. The van der Waals surface area contributed by atoms with E-state index in [1.807, 2.05) is 6.07 Å². The van der Waals surface area contributed by atoms with Gasteiger partial charge in [0.25, 0.3) is 0 Å². The molecule has 120 valence electrons. The molecule has 2 aromatic rings. The average Bonchev–Trinajstić information content (AvgIpc) is 3.13. The molecule has 7 heteroatoms. The average molecular weight is 369 g/mol. The summed E-state index contributed by atoms with van der Waals surface area (Å²) in [5.74, 6) is 0.419. The Morgan fingerprint density at radius 3 is 3.09 bits per heavy atom. The van der Waals surface area contributed by atoms with Crippen molar-refractivity contribution < 1.29 is 9.53 Å². The number of fused-ring (bicyclic) bond motifs is 2. The van der Waals surface area contributed by atoms with Crippen LogP contribution < -0.4 is 10.1 Å². The van der Waals surface area contributed by atoms with Crippen molar-refractivity contribution >= 4 is 40.4 Å². The molecular weight excluding hydrogens is 355 g/mol. The van der Waals surface area contributed by atoms with Crippen LogP contribution in [0.5, 0.6) is 5.88 Å². The molecule has 1 aliphatic carbocycles. The molecule has 4 nitrogen and oxygen atoms in total. The van der Waals surface area contributed by atoms with E-state index >= 15 is 0 Å². The zero-order valence-electron chi connectivity index (χ0n) is 12.1. The zero-order chi connectivity index (χ0) is 16.0. The van der Waals surface area contributed by atoms with Gasteiger partial charge in [0.1, 0.15) is 0 Å². The van der Waals surface area contributed by atoms with E-state index in [0.717, 1.165) is 28.8 Å². The molecule has 1 aliphatic heterocycles. The molecule has 1 amide bonds. The predicted molar refractivity (Wildman–Crippen MR) is 90.6 cm³/mol. The number of nitrogens with zero attached hydrogens (tertiary/aromatic N) is 1. The van der Waals surface area contributed by atoms with E-state index in [1.54, 1.807) is 11.6 Å². The van der Waals surface area contributed by atoms with Crippen LogP contribution in [0.15, 0.2) is 17.6 Å². The minimum Gasteiger partial charge on any atom is -0.477 e. The number of hydrogen-bond acceptors (Lipinski definition) is 4. The lowest BCUT2D eigenvalue weighted by Crippen LogP contribution is -2.34. The van der Waals surface area contributed by atoms with Gasteiger partial charge in [0, 0.05) is 10.0 Å². The Kier molecular flexibility index (Phi) is 3.95. The van der Waals surface area contributed by atoms with Crippen LogP contribution in [0.4, 0.5) is 0 Å². The third-order valence-electron chi connectivity index (χ3n) is 4.39. The van der Waals surface area contributed by atoms with E-state index in [9.17, 15) is 4.79 Å². The van der Waals surface area contributed by atoms with Crippen LogP contribution in [0, 0.1) is 0 Å². The first kappa shape index (κ1) is 15.2. The van der Waals surface area contributed by atoms with Crippen LogP contribution in [-0.2, 0) is 11.2 Å². The molecule has 2 unspecified atom stereocenters. The van der Waals surface area contributed by atoms with Gasteiger partial charge >= 0.3 is 0 Å². The molecule has 2 heterocycles. The Balaban J connectivity index is 1.56. The number of aromatic nitrogens is 1. The molecule has 1 aromatic carbocycles. The Morgan fingerprint density at radius 2 is 2.22 bits per heavy atom. The van der Waals surface area contributed by atoms with Crippen molar-refractivity contribution in [1.82, 2.24) is 10.3 Å². The molecule has 0 bridgehead atoms. The SMILES string of the molecule is O=C(NC1CCc2cc(Cl)cc(Cl)c21)C1CCOc2ncsc21. The molecule has 0 saturated heterocycles. The van der Waals surface area contributed by atoms with E-state index in [4.69, 9.17) is 27.9 Å². The Morgan fingerprint density at radius 1 is 1.35 bits per heavy atom. The third kappa shape index (κ3) is 2.71. The van der Waals surface area contributed by atoms with E-state index in [2.05, 4.69) is 10.3 Å². The summed E-state index contributed by atoms with van der Waals surface area (Å²) >= 11 is 13.9. The lowest BCUT2D eigenvalue weighted by molar-refractivity contribution is -0.123. The highest BCUT2D eigenvalue weighted by Crippen LogP contribution is 2.40. The summed E-state index contributed by atoms with van der Waals surface area (Å²) in [6.45, 7) is 0.520. The van der Waals surface area contributed by atoms with Crippen LogP contribution in [0.3, 0.4) is 0 Å². The summed E-state index contributed by atoms with van der Waals surface area (Å²) in [5.41, 5.74) is 3.85. The monoisotopic (exact) mass is 368 g/mol. The van der Waals surface area contributed by atoms with Crippen LogP contribution in [-0.4, -0.2) is 17.5 Å². The number of ether oxygens (including phenoxy) is 1. The minimum absolute atomic E-state index is 0.0164. The number of carbonyl (C=O) groups is 1. The first-order chi connectivity index (χ1) is 11.1. The van der Waals surface area contributed by atoms with Gasteiger partial charge in [-0.05, 0) is 42.5 Å². The highest BCUT2D eigenvalue weighted by Gasteiger charge is 2.33. The summed E-state index contributed by atoms with van der Waals surface area (Å²) in [7, 11) is 0. The summed E-state index contributed by atoms with van der Waals surface area (Å²) in [6.07, 6.45) is 2.40. The zero-order valence-corrected chi connectivity index (χ0v) is 14.5. The van der Waals surface area contributed by atoms with Gasteiger partial charge in [-0.15, -0.1) is 11.3 Å². The molecule has 23 heavy (non-hydrogen) atoms. The van der Waals surface area contributed by atoms with Gasteiger partial charge in [-0.25, -0.2) is 4.98 Å². The quantitative estimate of drug-likeness (QED) is 0.867. The van der Waals surface area contributed by atoms with E-state index in [1.165, 1.54) is 11.3 Å². The Labute approximate surface area is 147 Å². The maximum absolute atomic E-state index is 12.7. The number of aryl methyl sites for hydroxylation is 1. The fourth-order valence-corrected chi connectivity index (χ4v) is 4.87. The lowest BCUT2D eigenvalue weighted by Gasteiger charge is -2.23. The number of amides is 1. The molecule has 1 aromatic heterocycles. The fraction of sp³-hybridized carbons (Fsp3) is 0.375. The third-order valence-corrected chi connectivity index (χ3v) is 5.84. The van der Waals surface area contributed by atoms with Gasteiger partial charge < -0.3 is 10.1 Å². The standard InChI is InChI=1S/C16H14Cl2N2O2S/c17-9-5-8-1-2-12(13(8)11(18)6-9)20-15(21)10-3-4-22-16-14(10)23-7-19-16/h5-7,10,12H,1-4H2,(H,20,21). The lowest BCUT2D eigenvalue weighted by atomic mass is 10.00. The van der Waals surface area contributed by atoms with Crippen LogP contribution in [0.25, 0.3) is 0 Å². The number of rotatable bonds is 2. The van der Waals surface area contributed by atoms with Gasteiger partial charge in [0.15, 0.2) is 0 Å². The molecule has 0 fully saturated rings. The molecule has 2 atom stereocenters. The number of carbonyl (C=O) groups excluding carboxylic acids is 1. The smallest absolute Gasteiger partial charge is 0.229 e. The number of hydrogen-bond donors (Lipinski definition) is 1. The second kappa shape index (κ2) is 5.96. The van der Waals surface area contributed by atoms with Crippen molar-refractivity contribution in [3.63, 3.8) is 0 Å². The Hall–Kier alpha value is -1.30. The number of benzene rings is 1. The van der Waals surface area contributed by atoms with E-state index < -0.39 is 0 Å². The highest BCUT2D eigenvalue weighted by atomic mass is 35.5. The predicted octanol–water partition coefficient (Wildman–Crippen LogP) is 4.12. The second-order valence-electron chi connectivity index (χ2n) is 5.77. The van der Waals surface area contributed by atoms with Crippen molar-refractivity contribution in [2.75, 3.05) is 6.61 Å². The van der Waals surface area contributed by atoms with Crippen molar-refractivity contribution in [2.45, 2.75) is 31.2 Å². The summed E-state index contributed by atoms with van der Waals surface area (Å²) in [6, 6.07) is 3.62. The van der Waals surface area contributed by atoms with Crippen molar-refractivity contribution in [3.8, 4) is 5.88 Å². The molecule has 0 spiro atoms. The molecule has 0 radical (unpaired) electrons. The summed E-state index contributed by atoms with van der Waals surface area (Å²) in [4.78, 5) is 17.8. The molecule has 2 aliphatic rings. The van der Waals surface area contributed by atoms with Gasteiger partial charge in [-0.3, -0.25) is 4.79 Å². The van der Waals surface area contributed by atoms with Gasteiger partial charge in [-0.1, -0.05) is 23.2 Å². The maximum atomic E-state index is 12.7. The van der Waals surface area contributed by atoms with Crippen LogP contribution in [0.2, 0.25) is 10.0 Å². The van der Waals surface area contributed by atoms with Gasteiger partial charge in [0.2, 0.25) is 11.8 Å². The van der Waals surface area contributed by atoms with Crippen molar-refractivity contribution in [2.24, 2.45) is 0 Å². The van der Waals surface area contributed by atoms with Crippen LogP contribution >= 0.6 is 34.5 Å². The van der Waals surface area contributed by atoms with E-state index in [0.29, 0.717) is 29.0 Å². The van der Waals surface area contributed by atoms with Gasteiger partial charge in [0.05, 0.1) is 29.0 Å². The van der Waals surface area contributed by atoms with Crippen molar-refractivity contribution in [3.05, 3.63) is 43.7 Å². The topological polar surface area (TPSA) is 51.2 Å². The largest absolute Gasteiger partial charge is 0.477 e. The van der Waals surface area contributed by atoms with Gasteiger partial charge in [-0.2, -0.15) is 0 Å². The molecular formula is C16H14Cl2N2O2S. The molecule has 4 rings (SSSR count). The number of thiazole rings is 1. The minimum atomic E-state index is -0.193. The summed E-state index contributed by atoms with van der Waals surface area (Å²) < 4.78 is 5.49. The fourth-order valence-electron chi connectivity index (χ4n) is 3.34. The van der Waals surface area contributed by atoms with Crippen molar-refractivity contribution in [1.29, 1.82) is 0 Å². The second-order valence-corrected chi connectivity index (χ2v) is 7.50. The first-order valence-electron chi connectivity index (χ1n) is 7.48. The Bertz CT molecular complexity index is 777. The molecule has 1 N–H and O–H groups in total. The molecule has 0 saturated carbocycles. The number of nitrogens with one attached hydrogen (secondary N) is 1. The maximum Gasteiger partial charge on any atom is 0.229 e. The highest BCUT2D eigenvalue weighted by molar-refractivity contribution is 7.10. The van der Waals surface area contributed by atoms with Crippen LogP contribution in [0.1, 0.15) is 40.8 Å². The normalized spacial score (nSPS) is 22.2.